The van der Waals surface area contributed by atoms with E-state index in [4.69, 9.17) is 5.84 Å². The van der Waals surface area contributed by atoms with Crippen LogP contribution in [-0.4, -0.2) is 34.1 Å². The van der Waals surface area contributed by atoms with Crippen molar-refractivity contribution in [1.29, 1.82) is 0 Å². The largest absolute Gasteiger partial charge is 0.347 e. The number of carbonyl (C=O) groups is 2. The van der Waals surface area contributed by atoms with Gasteiger partial charge >= 0.3 is 11.8 Å². The predicted octanol–water partition coefficient (Wildman–Crippen LogP) is -2.14. The summed E-state index contributed by atoms with van der Waals surface area (Å²) in [4.78, 5) is 21.4. The van der Waals surface area contributed by atoms with Crippen LogP contribution in [-0.2, 0) is 20.4 Å². The molecule has 0 aromatic carbocycles. The van der Waals surface area contributed by atoms with E-state index < -0.39 is 22.6 Å². The molecule has 0 spiro atoms. The molecule has 4 N–H and O–H groups in total. The van der Waals surface area contributed by atoms with Crippen LogP contribution in [0.4, 0.5) is 0 Å². The molecule has 0 aliphatic carbocycles. The van der Waals surface area contributed by atoms with E-state index >= 15 is 0 Å². The van der Waals surface area contributed by atoms with Crippen LogP contribution in [0, 0.1) is 0 Å². The molecule has 0 fully saturated rings. The second-order valence-corrected chi connectivity index (χ2v) is 4.29. The zero-order valence-corrected chi connectivity index (χ0v) is 8.31. The summed E-state index contributed by atoms with van der Waals surface area (Å²) >= 11 is 0. The Morgan fingerprint density at radius 1 is 1.46 bits per heavy atom. The van der Waals surface area contributed by atoms with Gasteiger partial charge in [-0.25, -0.2) is 5.84 Å². The van der Waals surface area contributed by atoms with E-state index in [1.807, 2.05) is 0 Å². The Kier molecular flexibility index (Phi) is 5.24. The molecule has 7 heteroatoms. The maximum absolute atomic E-state index is 10.8. The summed E-state index contributed by atoms with van der Waals surface area (Å²) in [6.07, 6.45) is 1.53. The lowest BCUT2D eigenvalue weighted by molar-refractivity contribution is -0.139. The molecule has 0 bridgehead atoms. The zero-order valence-electron chi connectivity index (χ0n) is 7.49. The molecular formula is C6H13N3O3S. The van der Waals surface area contributed by atoms with Gasteiger partial charge in [-0.2, -0.15) is 0 Å². The summed E-state index contributed by atoms with van der Waals surface area (Å²) in [7, 11) is -1.02. The van der Waals surface area contributed by atoms with Gasteiger partial charge in [0.1, 0.15) is 0 Å². The summed E-state index contributed by atoms with van der Waals surface area (Å²) in [6.45, 7) is 1.89. The molecule has 0 saturated heterocycles. The van der Waals surface area contributed by atoms with Crippen molar-refractivity contribution in [2.45, 2.75) is 12.2 Å². The minimum Gasteiger partial charge on any atom is -0.347 e. The van der Waals surface area contributed by atoms with Crippen molar-refractivity contribution in [1.82, 2.24) is 10.7 Å². The number of hydrazine groups is 1. The second kappa shape index (κ2) is 5.65. The van der Waals surface area contributed by atoms with E-state index in [2.05, 4.69) is 5.32 Å². The lowest BCUT2D eigenvalue weighted by Crippen LogP contribution is -2.45. The first-order valence-corrected chi connectivity index (χ1v) is 5.22. The molecule has 0 aromatic heterocycles. The Hall–Kier alpha value is -0.950. The molecule has 2 amide bonds. The van der Waals surface area contributed by atoms with Gasteiger partial charge in [-0.15, -0.1) is 0 Å². The molecule has 0 aromatic rings. The maximum Gasteiger partial charge on any atom is 0.323 e. The predicted molar refractivity (Wildman–Crippen MR) is 48.9 cm³/mol. The molecule has 13 heavy (non-hydrogen) atoms. The number of nitrogens with two attached hydrogens (primary N) is 1. The van der Waals surface area contributed by atoms with Crippen LogP contribution in [0.2, 0.25) is 0 Å². The highest BCUT2D eigenvalue weighted by molar-refractivity contribution is 7.84. The quantitative estimate of drug-likeness (QED) is 0.213. The SMILES string of the molecule is CC(CNC(=O)C(=O)NN)S(C)=O. The highest BCUT2D eigenvalue weighted by atomic mass is 32.2. The van der Waals surface area contributed by atoms with E-state index in [0.717, 1.165) is 0 Å². The molecule has 0 aliphatic rings. The van der Waals surface area contributed by atoms with E-state index in [1.54, 1.807) is 12.3 Å². The molecule has 0 rings (SSSR count). The lowest BCUT2D eigenvalue weighted by Gasteiger charge is -2.08. The van der Waals surface area contributed by atoms with Gasteiger partial charge < -0.3 is 5.32 Å². The molecule has 0 radical (unpaired) electrons. The summed E-state index contributed by atoms with van der Waals surface area (Å²) < 4.78 is 10.8. The van der Waals surface area contributed by atoms with Crippen molar-refractivity contribution in [2.24, 2.45) is 5.84 Å². The van der Waals surface area contributed by atoms with Crippen LogP contribution < -0.4 is 16.6 Å². The van der Waals surface area contributed by atoms with Crippen LogP contribution in [0.25, 0.3) is 0 Å². The smallest absolute Gasteiger partial charge is 0.323 e. The Morgan fingerprint density at radius 3 is 2.38 bits per heavy atom. The van der Waals surface area contributed by atoms with Gasteiger partial charge in [0.05, 0.1) is 0 Å². The fraction of sp³-hybridized carbons (Fsp3) is 0.667. The number of hydrogen-bond acceptors (Lipinski definition) is 4. The monoisotopic (exact) mass is 207 g/mol. The van der Waals surface area contributed by atoms with Crippen LogP contribution in [0.15, 0.2) is 0 Å². The van der Waals surface area contributed by atoms with Crippen molar-refractivity contribution in [3.8, 4) is 0 Å². The van der Waals surface area contributed by atoms with Gasteiger partial charge in [-0.1, -0.05) is 0 Å². The van der Waals surface area contributed by atoms with E-state index in [1.165, 1.54) is 6.26 Å². The minimum absolute atomic E-state index is 0.186. The molecule has 0 saturated carbocycles. The minimum atomic E-state index is -1.02. The van der Waals surface area contributed by atoms with Crippen molar-refractivity contribution < 1.29 is 13.8 Å². The first kappa shape index (κ1) is 12.0. The number of amides is 2. The average Bonchev–Trinajstić information content (AvgIpc) is 2.11. The Labute approximate surface area is 78.7 Å². The molecule has 0 heterocycles. The van der Waals surface area contributed by atoms with Crippen LogP contribution in [0.3, 0.4) is 0 Å². The Morgan fingerprint density at radius 2 is 2.00 bits per heavy atom. The molecule has 76 valence electrons. The molecule has 2 atom stereocenters. The van der Waals surface area contributed by atoms with Crippen LogP contribution >= 0.6 is 0 Å². The number of carbonyl (C=O) groups excluding carboxylic acids is 2. The van der Waals surface area contributed by atoms with E-state index in [-0.39, 0.29) is 11.8 Å². The van der Waals surface area contributed by atoms with Gasteiger partial charge in [0, 0.05) is 28.9 Å². The normalized spacial score (nSPS) is 14.4. The van der Waals surface area contributed by atoms with E-state index in [0.29, 0.717) is 0 Å². The van der Waals surface area contributed by atoms with Gasteiger partial charge in [0.25, 0.3) is 0 Å². The third-order valence-corrected chi connectivity index (χ3v) is 2.75. The third-order valence-electron chi connectivity index (χ3n) is 1.45. The van der Waals surface area contributed by atoms with Crippen molar-refractivity contribution in [3.63, 3.8) is 0 Å². The Bertz CT molecular complexity index is 231. The van der Waals surface area contributed by atoms with Crippen LogP contribution in [0.5, 0.6) is 0 Å². The topological polar surface area (TPSA) is 101 Å². The van der Waals surface area contributed by atoms with Gasteiger partial charge in [-0.3, -0.25) is 19.2 Å². The van der Waals surface area contributed by atoms with Crippen molar-refractivity contribution in [3.05, 3.63) is 0 Å². The lowest BCUT2D eigenvalue weighted by atomic mass is 10.4. The van der Waals surface area contributed by atoms with E-state index in [9.17, 15) is 13.8 Å². The first-order chi connectivity index (χ1) is 5.99. The second-order valence-electron chi connectivity index (χ2n) is 2.49. The number of nitrogens with one attached hydrogen (secondary N) is 2. The Balaban J connectivity index is 3.83. The van der Waals surface area contributed by atoms with Gasteiger partial charge in [-0.05, 0) is 6.92 Å². The van der Waals surface area contributed by atoms with Crippen molar-refractivity contribution >= 4 is 22.6 Å². The van der Waals surface area contributed by atoms with Crippen LogP contribution in [0.1, 0.15) is 6.92 Å². The summed E-state index contributed by atoms with van der Waals surface area (Å²) in [5, 5.41) is 2.10. The number of rotatable bonds is 3. The third kappa shape index (κ3) is 4.58. The highest BCUT2D eigenvalue weighted by Crippen LogP contribution is 1.88. The summed E-state index contributed by atoms with van der Waals surface area (Å²) in [5.41, 5.74) is 1.69. The first-order valence-electron chi connectivity index (χ1n) is 3.60. The zero-order chi connectivity index (χ0) is 10.4. The highest BCUT2D eigenvalue weighted by Gasteiger charge is 2.13. The summed E-state index contributed by atoms with van der Waals surface area (Å²) in [6, 6.07) is 0. The average molecular weight is 207 g/mol. The fourth-order valence-corrected chi connectivity index (χ4v) is 0.818. The molecule has 6 nitrogen and oxygen atoms in total. The molecule has 2 unspecified atom stereocenters. The van der Waals surface area contributed by atoms with Gasteiger partial charge in [0.2, 0.25) is 0 Å². The standard InChI is InChI=1S/C6H13N3O3S/c1-4(13(2)12)3-8-5(10)6(11)9-7/h4H,3,7H2,1-2H3,(H,8,10)(H,9,11). The fourth-order valence-electron chi connectivity index (χ4n) is 0.500. The maximum atomic E-state index is 10.8. The summed E-state index contributed by atoms with van der Waals surface area (Å²) in [5.74, 6) is 2.99. The van der Waals surface area contributed by atoms with Gasteiger partial charge in [0.15, 0.2) is 0 Å². The molecular weight excluding hydrogens is 194 g/mol. The molecule has 0 aliphatic heterocycles. The number of hydrogen-bond donors (Lipinski definition) is 3. The van der Waals surface area contributed by atoms with Crippen molar-refractivity contribution in [2.75, 3.05) is 12.8 Å².